The lowest BCUT2D eigenvalue weighted by molar-refractivity contribution is -0.164. The van der Waals surface area contributed by atoms with Crippen LogP contribution in [0.15, 0.2) is 0 Å². The Bertz CT molecular complexity index is 96.9. The average molecular weight is 148 g/mol. The van der Waals surface area contributed by atoms with E-state index in [1.165, 1.54) is 6.92 Å². The number of carbonyl (C=O) groups excluding carboxylic acids is 1. The van der Waals surface area contributed by atoms with Gasteiger partial charge in [0, 0.05) is 6.92 Å². The van der Waals surface area contributed by atoms with Crippen molar-refractivity contribution in [1.82, 2.24) is 11.2 Å². The van der Waals surface area contributed by atoms with Crippen molar-refractivity contribution >= 4 is 5.97 Å². The van der Waals surface area contributed by atoms with E-state index in [0.717, 1.165) is 6.42 Å². The maximum atomic E-state index is 10.1. The Hall–Kier alpha value is -0.650. The summed E-state index contributed by atoms with van der Waals surface area (Å²) in [7, 11) is 0. The minimum Gasteiger partial charge on any atom is -0.354 e. The summed E-state index contributed by atoms with van der Waals surface area (Å²) in [6.07, 6.45) is 0.898. The van der Waals surface area contributed by atoms with Crippen LogP contribution < -0.4 is 11.2 Å². The fourth-order valence-electron chi connectivity index (χ4n) is 0.275. The second-order valence-corrected chi connectivity index (χ2v) is 1.65. The zero-order chi connectivity index (χ0) is 7.82. The number of hydrazine groups is 1. The highest BCUT2D eigenvalue weighted by atomic mass is 16.8. The highest BCUT2D eigenvalue weighted by Crippen LogP contribution is 1.72. The van der Waals surface area contributed by atoms with Gasteiger partial charge >= 0.3 is 5.97 Å². The minimum absolute atomic E-state index is 0.424. The molecular weight excluding hydrogens is 136 g/mol. The first-order valence-corrected chi connectivity index (χ1v) is 3.06. The van der Waals surface area contributed by atoms with Crippen LogP contribution in [0.4, 0.5) is 0 Å². The Balaban J connectivity index is 2.84. The Morgan fingerprint density at radius 1 is 1.50 bits per heavy atom. The van der Waals surface area contributed by atoms with Gasteiger partial charge in [0.2, 0.25) is 0 Å². The second kappa shape index (κ2) is 6.47. The summed E-state index contributed by atoms with van der Waals surface area (Å²) in [4.78, 5) is 19.1. The summed E-state index contributed by atoms with van der Waals surface area (Å²) < 4.78 is 0. The first-order chi connectivity index (χ1) is 4.77. The first-order valence-electron chi connectivity index (χ1n) is 3.06. The van der Waals surface area contributed by atoms with Crippen molar-refractivity contribution in [2.24, 2.45) is 0 Å². The van der Waals surface area contributed by atoms with Crippen molar-refractivity contribution in [2.45, 2.75) is 20.3 Å². The van der Waals surface area contributed by atoms with Crippen LogP contribution in [0.5, 0.6) is 0 Å². The van der Waals surface area contributed by atoms with Gasteiger partial charge in [0.15, 0.2) is 0 Å². The van der Waals surface area contributed by atoms with E-state index in [4.69, 9.17) is 4.84 Å². The molecular formula is C5H12N2O3. The smallest absolute Gasteiger partial charge is 0.323 e. The van der Waals surface area contributed by atoms with Crippen LogP contribution in [-0.2, 0) is 14.5 Å². The molecule has 0 radical (unpaired) electrons. The van der Waals surface area contributed by atoms with Crippen LogP contribution in [0.1, 0.15) is 20.3 Å². The van der Waals surface area contributed by atoms with Gasteiger partial charge in [-0.2, -0.15) is 0 Å². The van der Waals surface area contributed by atoms with Gasteiger partial charge in [0.1, 0.15) is 0 Å². The predicted molar refractivity (Wildman–Crippen MR) is 34.3 cm³/mol. The van der Waals surface area contributed by atoms with Gasteiger partial charge in [-0.25, -0.2) is 0 Å². The topological polar surface area (TPSA) is 59.6 Å². The lowest BCUT2D eigenvalue weighted by Gasteiger charge is -2.03. The van der Waals surface area contributed by atoms with Crippen molar-refractivity contribution in [2.75, 3.05) is 6.61 Å². The molecule has 0 heterocycles. The zero-order valence-electron chi connectivity index (χ0n) is 6.14. The van der Waals surface area contributed by atoms with Crippen molar-refractivity contribution in [1.29, 1.82) is 0 Å². The molecule has 0 aliphatic rings. The Kier molecular flexibility index (Phi) is 6.05. The molecule has 2 N–H and O–H groups in total. The summed E-state index contributed by atoms with van der Waals surface area (Å²) in [6.45, 7) is 3.82. The molecule has 0 rings (SSSR count). The third-order valence-electron chi connectivity index (χ3n) is 0.615. The van der Waals surface area contributed by atoms with Crippen LogP contribution in [0.2, 0.25) is 0 Å². The monoisotopic (exact) mass is 148 g/mol. The van der Waals surface area contributed by atoms with Crippen LogP contribution in [0, 0.1) is 0 Å². The number of rotatable bonds is 5. The highest BCUT2D eigenvalue weighted by Gasteiger charge is 1.88. The number of hydrogen-bond acceptors (Lipinski definition) is 5. The number of hydrogen-bond donors (Lipinski definition) is 2. The third-order valence-corrected chi connectivity index (χ3v) is 0.615. The van der Waals surface area contributed by atoms with Crippen molar-refractivity contribution < 1.29 is 14.5 Å². The van der Waals surface area contributed by atoms with Crippen LogP contribution >= 0.6 is 0 Å². The molecule has 0 fully saturated rings. The van der Waals surface area contributed by atoms with Gasteiger partial charge in [-0.05, 0) is 6.42 Å². The summed E-state index contributed by atoms with van der Waals surface area (Å²) in [5.74, 6) is -0.424. The van der Waals surface area contributed by atoms with Gasteiger partial charge in [-0.3, -0.25) is 9.63 Å². The van der Waals surface area contributed by atoms with Gasteiger partial charge in [0.05, 0.1) is 6.61 Å². The van der Waals surface area contributed by atoms with Gasteiger partial charge in [-0.1, -0.05) is 12.5 Å². The molecule has 0 aliphatic heterocycles. The van der Waals surface area contributed by atoms with Crippen molar-refractivity contribution in [3.63, 3.8) is 0 Å². The minimum atomic E-state index is -0.424. The van der Waals surface area contributed by atoms with E-state index < -0.39 is 5.97 Å². The lowest BCUT2D eigenvalue weighted by atomic mass is 10.5. The summed E-state index contributed by atoms with van der Waals surface area (Å²) in [5.41, 5.74) is 4.32. The van der Waals surface area contributed by atoms with E-state index in [-0.39, 0.29) is 0 Å². The largest absolute Gasteiger partial charge is 0.354 e. The Labute approximate surface area is 59.6 Å². The van der Waals surface area contributed by atoms with Crippen LogP contribution in [0.3, 0.4) is 0 Å². The van der Waals surface area contributed by atoms with Gasteiger partial charge in [0.25, 0.3) is 0 Å². The van der Waals surface area contributed by atoms with Crippen molar-refractivity contribution in [3.05, 3.63) is 0 Å². The fourth-order valence-corrected chi connectivity index (χ4v) is 0.275. The molecule has 0 atom stereocenters. The fraction of sp³-hybridized carbons (Fsp3) is 0.800. The third kappa shape index (κ3) is 7.35. The molecule has 0 amide bonds. The molecule has 10 heavy (non-hydrogen) atoms. The van der Waals surface area contributed by atoms with E-state index in [1.807, 2.05) is 6.92 Å². The summed E-state index contributed by atoms with van der Waals surface area (Å²) in [6, 6.07) is 0. The predicted octanol–water partition coefficient (Wildman–Crippen LogP) is -0.0997. The molecule has 60 valence electrons. The number of nitrogens with one attached hydrogen (secondary N) is 2. The van der Waals surface area contributed by atoms with E-state index in [0.29, 0.717) is 6.61 Å². The molecule has 0 unspecified atom stereocenters. The Morgan fingerprint density at radius 3 is 2.70 bits per heavy atom. The van der Waals surface area contributed by atoms with E-state index in [1.54, 1.807) is 0 Å². The molecule has 5 nitrogen and oxygen atoms in total. The van der Waals surface area contributed by atoms with E-state index in [2.05, 4.69) is 16.0 Å². The zero-order valence-corrected chi connectivity index (χ0v) is 6.14. The van der Waals surface area contributed by atoms with Crippen LogP contribution in [0.25, 0.3) is 0 Å². The standard InChI is InChI=1S/C5H12N2O3/c1-3-4-9-6-7-10-5(2)8/h6-7H,3-4H2,1-2H3. The highest BCUT2D eigenvalue weighted by molar-refractivity contribution is 5.65. The quantitative estimate of drug-likeness (QED) is 0.421. The first kappa shape index (κ1) is 9.35. The molecule has 0 aliphatic carbocycles. The van der Waals surface area contributed by atoms with E-state index in [9.17, 15) is 4.79 Å². The summed E-state index contributed by atoms with van der Waals surface area (Å²) in [5, 5.41) is 0. The lowest BCUT2D eigenvalue weighted by Crippen LogP contribution is -2.33. The maximum Gasteiger partial charge on any atom is 0.323 e. The Morgan fingerprint density at radius 2 is 2.20 bits per heavy atom. The molecule has 0 aromatic heterocycles. The second-order valence-electron chi connectivity index (χ2n) is 1.65. The van der Waals surface area contributed by atoms with Crippen LogP contribution in [-0.4, -0.2) is 12.6 Å². The van der Waals surface area contributed by atoms with Crippen molar-refractivity contribution in [3.8, 4) is 0 Å². The van der Waals surface area contributed by atoms with Gasteiger partial charge in [-0.15, -0.1) is 5.59 Å². The molecule has 0 aromatic carbocycles. The molecule has 0 spiro atoms. The molecule has 0 aromatic rings. The average Bonchev–Trinajstić information content (AvgIpc) is 1.87. The summed E-state index contributed by atoms with van der Waals surface area (Å²) >= 11 is 0. The maximum absolute atomic E-state index is 10.1. The van der Waals surface area contributed by atoms with Gasteiger partial charge < -0.3 is 4.84 Å². The SMILES string of the molecule is CCCONNOC(C)=O. The molecule has 0 saturated carbocycles. The normalized spacial score (nSPS) is 9.40. The van der Waals surface area contributed by atoms with E-state index >= 15 is 0 Å². The molecule has 0 bridgehead atoms. The molecule has 0 saturated heterocycles. The molecule has 5 heteroatoms. The number of carbonyl (C=O) groups is 1.